The number of unbranched alkanes of at least 4 members (excludes halogenated alkanes) is 20. The topological polar surface area (TPSA) is 99.1 Å². The Kier molecular flexibility index (Phi) is 36.7. The summed E-state index contributed by atoms with van der Waals surface area (Å²) in [4.78, 5) is 36.9. The van der Waals surface area contributed by atoms with Gasteiger partial charge in [0.25, 0.3) is 0 Å². The van der Waals surface area contributed by atoms with E-state index >= 15 is 0 Å². The van der Waals surface area contributed by atoms with Crippen LogP contribution in [0.3, 0.4) is 0 Å². The molecule has 8 heteroatoms. The van der Waals surface area contributed by atoms with E-state index in [4.69, 9.17) is 14.2 Å². The zero-order chi connectivity index (χ0) is 40.7. The fourth-order valence-electron chi connectivity index (χ4n) is 6.51. The van der Waals surface area contributed by atoms with Gasteiger partial charge in [-0.15, -0.1) is 0 Å². The number of hydrogen-bond acceptors (Lipinski definition) is 6. The van der Waals surface area contributed by atoms with Gasteiger partial charge in [0.1, 0.15) is 6.61 Å². The van der Waals surface area contributed by atoms with Crippen molar-refractivity contribution in [3.05, 3.63) is 36.5 Å². The van der Waals surface area contributed by atoms with Gasteiger partial charge in [0, 0.05) is 19.3 Å². The largest absolute Gasteiger partial charge is 0.477 e. The molecule has 0 aliphatic carbocycles. The fourth-order valence-corrected chi connectivity index (χ4v) is 6.51. The van der Waals surface area contributed by atoms with E-state index in [1.165, 1.54) is 109 Å². The van der Waals surface area contributed by atoms with Crippen molar-refractivity contribution in [2.75, 3.05) is 41.0 Å². The highest BCUT2D eigenvalue weighted by atomic mass is 16.6. The zero-order valence-corrected chi connectivity index (χ0v) is 36.4. The Bertz CT molecular complexity index is 1000. The summed E-state index contributed by atoms with van der Waals surface area (Å²) in [6.45, 7) is 4.69. The summed E-state index contributed by atoms with van der Waals surface area (Å²) < 4.78 is 17.2. The monoisotopic (exact) mass is 777 g/mol. The number of likely N-dealkylation sites (N-methyl/N-ethyl adjacent to an activating group) is 1. The molecule has 0 aromatic heterocycles. The van der Waals surface area contributed by atoms with Crippen LogP contribution in [0, 0.1) is 0 Å². The molecule has 0 aliphatic rings. The summed E-state index contributed by atoms with van der Waals surface area (Å²) in [5, 5.41) is 9.60. The Morgan fingerprint density at radius 1 is 0.545 bits per heavy atom. The number of rotatable bonds is 40. The third-order valence-electron chi connectivity index (χ3n) is 10.0. The number of aliphatic carboxylic acids is 1. The van der Waals surface area contributed by atoms with Gasteiger partial charge in [-0.3, -0.25) is 9.59 Å². The zero-order valence-electron chi connectivity index (χ0n) is 36.4. The molecular formula is C47H86NO7+. The Labute approximate surface area is 338 Å². The Morgan fingerprint density at radius 3 is 1.45 bits per heavy atom. The van der Waals surface area contributed by atoms with Gasteiger partial charge in [0.2, 0.25) is 0 Å². The van der Waals surface area contributed by atoms with Crippen molar-refractivity contribution in [1.82, 2.24) is 0 Å². The van der Waals surface area contributed by atoms with Gasteiger partial charge in [-0.25, -0.2) is 4.79 Å². The standard InChI is InChI=1S/C47H85NO7/c1-6-8-10-12-14-16-17-18-19-20-21-22-23-24-25-26-27-28-30-31-33-35-37-45(49)54-42-43(41-53-40-39-44(47(51)52)48(3,4)5)55-46(50)38-36-34-32-29-15-13-11-9-7-2/h14,16,18-19,21-22,43-44H,6-13,15,17,20,23-42H2,1-5H3/p+1/b16-14+,19-18+,22-21+. The molecule has 0 aromatic rings. The predicted octanol–water partition coefficient (Wildman–Crippen LogP) is 12.2. The first-order chi connectivity index (χ1) is 26.6. The number of esters is 2. The number of nitrogens with zero attached hydrogens (tertiary/aromatic N) is 1. The molecule has 0 bridgehead atoms. The van der Waals surface area contributed by atoms with Crippen LogP contribution >= 0.6 is 0 Å². The van der Waals surface area contributed by atoms with E-state index in [1.807, 2.05) is 21.1 Å². The molecule has 55 heavy (non-hydrogen) atoms. The van der Waals surface area contributed by atoms with Gasteiger partial charge in [-0.1, -0.05) is 159 Å². The highest BCUT2D eigenvalue weighted by Crippen LogP contribution is 2.14. The van der Waals surface area contributed by atoms with Crippen molar-refractivity contribution in [2.45, 2.75) is 206 Å². The van der Waals surface area contributed by atoms with Crippen molar-refractivity contribution in [3.8, 4) is 0 Å². The Balaban J connectivity index is 4.20. The summed E-state index contributed by atoms with van der Waals surface area (Å²) in [6.07, 6.45) is 43.3. The Hall–Kier alpha value is -2.45. The lowest BCUT2D eigenvalue weighted by atomic mass is 10.1. The fraction of sp³-hybridized carbons (Fsp3) is 0.809. The molecule has 0 spiro atoms. The van der Waals surface area contributed by atoms with E-state index in [0.29, 0.717) is 19.3 Å². The van der Waals surface area contributed by atoms with Crippen LogP contribution < -0.4 is 0 Å². The molecule has 2 unspecified atom stereocenters. The third-order valence-corrected chi connectivity index (χ3v) is 10.0. The average Bonchev–Trinajstić information content (AvgIpc) is 3.14. The maximum absolute atomic E-state index is 12.6. The van der Waals surface area contributed by atoms with Crippen molar-refractivity contribution >= 4 is 17.9 Å². The normalized spacial score (nSPS) is 13.3. The number of hydrogen-bond donors (Lipinski definition) is 1. The smallest absolute Gasteiger partial charge is 0.362 e. The van der Waals surface area contributed by atoms with Crippen LogP contribution in [0.25, 0.3) is 0 Å². The number of ether oxygens (including phenoxy) is 3. The van der Waals surface area contributed by atoms with Gasteiger partial charge in [-0.05, 0) is 51.4 Å². The number of carboxylic acid groups (broad SMARTS) is 1. The molecule has 0 fully saturated rings. The van der Waals surface area contributed by atoms with Crippen LogP contribution in [0.4, 0.5) is 0 Å². The van der Waals surface area contributed by atoms with Crippen LogP contribution in [-0.4, -0.2) is 80.6 Å². The maximum Gasteiger partial charge on any atom is 0.362 e. The van der Waals surface area contributed by atoms with E-state index in [1.54, 1.807) is 0 Å². The highest BCUT2D eigenvalue weighted by molar-refractivity contribution is 5.72. The molecular weight excluding hydrogens is 691 g/mol. The summed E-state index contributed by atoms with van der Waals surface area (Å²) in [6, 6.07) is -0.612. The van der Waals surface area contributed by atoms with Crippen LogP contribution in [0.1, 0.15) is 194 Å². The third kappa shape index (κ3) is 36.9. The number of carboxylic acids is 1. The molecule has 8 nitrogen and oxygen atoms in total. The lowest BCUT2D eigenvalue weighted by molar-refractivity contribution is -0.887. The lowest BCUT2D eigenvalue weighted by Crippen LogP contribution is -2.50. The van der Waals surface area contributed by atoms with Crippen LogP contribution in [0.15, 0.2) is 36.5 Å². The minimum atomic E-state index is -0.876. The molecule has 0 rings (SSSR count). The Morgan fingerprint density at radius 2 is 0.964 bits per heavy atom. The first-order valence-electron chi connectivity index (χ1n) is 22.5. The molecule has 320 valence electrons. The van der Waals surface area contributed by atoms with E-state index in [9.17, 15) is 19.5 Å². The second-order valence-corrected chi connectivity index (χ2v) is 16.3. The van der Waals surface area contributed by atoms with Crippen molar-refractivity contribution in [2.24, 2.45) is 0 Å². The maximum atomic E-state index is 12.6. The minimum Gasteiger partial charge on any atom is -0.477 e. The molecule has 2 atom stereocenters. The molecule has 0 amide bonds. The number of allylic oxidation sites excluding steroid dienone is 6. The van der Waals surface area contributed by atoms with Crippen LogP contribution in [-0.2, 0) is 28.6 Å². The molecule has 0 aliphatic heterocycles. The quantitative estimate of drug-likeness (QED) is 0.0286. The highest BCUT2D eigenvalue weighted by Gasteiger charge is 2.31. The summed E-state index contributed by atoms with van der Waals surface area (Å²) >= 11 is 0. The van der Waals surface area contributed by atoms with Crippen molar-refractivity contribution in [1.29, 1.82) is 0 Å². The SMILES string of the molecule is CCCCC/C=C/C/C=C/C/C=C/CCCCCCCCCCCC(=O)OCC(COCCC(C(=O)O)[N+](C)(C)C)OC(=O)CCCCCCCCCCC. The van der Waals surface area contributed by atoms with Gasteiger partial charge in [-0.2, -0.15) is 0 Å². The second kappa shape index (κ2) is 38.4. The summed E-state index contributed by atoms with van der Waals surface area (Å²) in [5.41, 5.74) is 0. The minimum absolute atomic E-state index is 0.0516. The van der Waals surface area contributed by atoms with Crippen LogP contribution in [0.5, 0.6) is 0 Å². The molecule has 0 saturated carbocycles. The first-order valence-corrected chi connectivity index (χ1v) is 22.5. The number of quaternary nitrogens is 1. The van der Waals surface area contributed by atoms with E-state index in [-0.39, 0.29) is 36.2 Å². The molecule has 0 aromatic carbocycles. The van der Waals surface area contributed by atoms with Gasteiger partial charge in [0.15, 0.2) is 12.1 Å². The lowest BCUT2D eigenvalue weighted by Gasteiger charge is -2.31. The molecule has 0 radical (unpaired) electrons. The average molecular weight is 777 g/mol. The summed E-state index contributed by atoms with van der Waals surface area (Å²) in [5.74, 6) is -1.47. The summed E-state index contributed by atoms with van der Waals surface area (Å²) in [7, 11) is 5.52. The first kappa shape index (κ1) is 52.6. The second-order valence-electron chi connectivity index (χ2n) is 16.3. The predicted molar refractivity (Wildman–Crippen MR) is 229 cm³/mol. The van der Waals surface area contributed by atoms with E-state index in [0.717, 1.165) is 51.4 Å². The van der Waals surface area contributed by atoms with Gasteiger partial charge in [0.05, 0.1) is 34.4 Å². The van der Waals surface area contributed by atoms with Gasteiger partial charge < -0.3 is 23.8 Å². The van der Waals surface area contributed by atoms with E-state index in [2.05, 4.69) is 50.3 Å². The number of carbonyl (C=O) groups excluding carboxylic acids is 2. The van der Waals surface area contributed by atoms with Crippen molar-refractivity contribution in [3.63, 3.8) is 0 Å². The van der Waals surface area contributed by atoms with E-state index < -0.39 is 18.1 Å². The molecule has 0 saturated heterocycles. The molecule has 0 heterocycles. The van der Waals surface area contributed by atoms with Crippen molar-refractivity contribution < 1.29 is 38.2 Å². The van der Waals surface area contributed by atoms with Gasteiger partial charge >= 0.3 is 17.9 Å². The van der Waals surface area contributed by atoms with Crippen LogP contribution in [0.2, 0.25) is 0 Å². The number of carbonyl (C=O) groups is 3. The molecule has 1 N–H and O–H groups in total.